The van der Waals surface area contributed by atoms with Crippen molar-refractivity contribution in [2.24, 2.45) is 0 Å². The van der Waals surface area contributed by atoms with Crippen LogP contribution in [0.4, 0.5) is 0 Å². The maximum atomic E-state index is 10.6. The Kier molecular flexibility index (Phi) is 4.72. The molecule has 0 saturated heterocycles. The fraction of sp³-hybridized carbons (Fsp3) is 0.273. The molecule has 1 aromatic rings. The lowest BCUT2D eigenvalue weighted by molar-refractivity contribution is -0.119. The van der Waals surface area contributed by atoms with E-state index in [4.69, 9.17) is 12.2 Å². The molecule has 1 amide bonds. The lowest BCUT2D eigenvalue weighted by Gasteiger charge is -2.17. The molecule has 0 heterocycles. The topological polar surface area (TPSA) is 53.2 Å². The van der Waals surface area contributed by atoms with Crippen molar-refractivity contribution in [2.75, 3.05) is 0 Å². The molecule has 16 heavy (non-hydrogen) atoms. The quantitative estimate of drug-likeness (QED) is 0.535. The number of carbonyl (C=O) groups is 1. The van der Waals surface area contributed by atoms with Gasteiger partial charge in [-0.25, -0.2) is 0 Å². The van der Waals surface area contributed by atoms with Gasteiger partial charge in [0.15, 0.2) is 5.11 Å². The van der Waals surface area contributed by atoms with Crippen molar-refractivity contribution in [3.8, 4) is 0 Å². The van der Waals surface area contributed by atoms with E-state index in [0.717, 1.165) is 5.56 Å². The maximum absolute atomic E-state index is 10.6. The van der Waals surface area contributed by atoms with Gasteiger partial charge in [0.25, 0.3) is 0 Å². The molecular formula is C11H15N3OS. The van der Waals surface area contributed by atoms with Gasteiger partial charge in [-0.05, 0) is 24.7 Å². The van der Waals surface area contributed by atoms with E-state index in [-0.39, 0.29) is 11.9 Å². The predicted octanol–water partition coefficient (Wildman–Crippen LogP) is 1.26. The minimum absolute atomic E-state index is 0.0926. The summed E-state index contributed by atoms with van der Waals surface area (Å²) in [5.41, 5.74) is 6.15. The van der Waals surface area contributed by atoms with Crippen molar-refractivity contribution < 1.29 is 4.79 Å². The highest BCUT2D eigenvalue weighted by atomic mass is 32.1. The molecule has 4 nitrogen and oxygen atoms in total. The van der Waals surface area contributed by atoms with Crippen LogP contribution in [0.15, 0.2) is 30.3 Å². The largest absolute Gasteiger partial charge is 0.355 e. The highest BCUT2D eigenvalue weighted by molar-refractivity contribution is 7.80. The Morgan fingerprint density at radius 1 is 1.25 bits per heavy atom. The average Bonchev–Trinajstić information content (AvgIpc) is 2.27. The van der Waals surface area contributed by atoms with Crippen molar-refractivity contribution in [1.29, 1.82) is 0 Å². The Bertz CT molecular complexity index is 367. The van der Waals surface area contributed by atoms with Crippen LogP contribution >= 0.6 is 12.2 Å². The molecule has 0 unspecified atom stereocenters. The fourth-order valence-electron chi connectivity index (χ4n) is 1.20. The highest BCUT2D eigenvalue weighted by Crippen LogP contribution is 2.10. The first-order chi connectivity index (χ1) is 7.59. The van der Waals surface area contributed by atoms with Crippen LogP contribution in [-0.4, -0.2) is 11.0 Å². The molecule has 0 aliphatic carbocycles. The van der Waals surface area contributed by atoms with Gasteiger partial charge in [-0.3, -0.25) is 15.6 Å². The fourth-order valence-corrected chi connectivity index (χ4v) is 1.43. The monoisotopic (exact) mass is 237 g/mol. The third-order valence-electron chi connectivity index (χ3n) is 2.00. The lowest BCUT2D eigenvalue weighted by atomic mass is 10.1. The third kappa shape index (κ3) is 4.27. The van der Waals surface area contributed by atoms with E-state index in [2.05, 4.69) is 16.2 Å². The Morgan fingerprint density at radius 2 is 1.88 bits per heavy atom. The third-order valence-corrected chi connectivity index (χ3v) is 2.22. The summed E-state index contributed by atoms with van der Waals surface area (Å²) in [6, 6.07) is 10.0. The van der Waals surface area contributed by atoms with Crippen LogP contribution in [0, 0.1) is 0 Å². The van der Waals surface area contributed by atoms with E-state index in [1.165, 1.54) is 6.92 Å². The number of hydrogen-bond donors (Lipinski definition) is 3. The van der Waals surface area contributed by atoms with Gasteiger partial charge in [-0.1, -0.05) is 30.3 Å². The number of carbonyl (C=O) groups excluding carboxylic acids is 1. The van der Waals surface area contributed by atoms with E-state index >= 15 is 0 Å². The van der Waals surface area contributed by atoms with E-state index in [1.54, 1.807) is 0 Å². The SMILES string of the molecule is CC(=O)NNC(=S)N[C@H](C)c1ccccc1. The normalized spacial score (nSPS) is 11.4. The van der Waals surface area contributed by atoms with Crippen molar-refractivity contribution in [1.82, 2.24) is 16.2 Å². The second kappa shape index (κ2) is 6.07. The summed E-state index contributed by atoms with van der Waals surface area (Å²) in [6.45, 7) is 3.41. The van der Waals surface area contributed by atoms with Gasteiger partial charge in [0.05, 0.1) is 6.04 Å². The van der Waals surface area contributed by atoms with Crippen molar-refractivity contribution in [3.63, 3.8) is 0 Å². The number of nitrogens with one attached hydrogen (secondary N) is 3. The molecule has 1 aromatic carbocycles. The van der Waals surface area contributed by atoms with Gasteiger partial charge in [-0.15, -0.1) is 0 Å². The van der Waals surface area contributed by atoms with Crippen LogP contribution < -0.4 is 16.2 Å². The Labute approximate surface area is 100 Å². The molecule has 3 N–H and O–H groups in total. The first kappa shape index (κ1) is 12.4. The van der Waals surface area contributed by atoms with E-state index in [1.807, 2.05) is 37.3 Å². The summed E-state index contributed by atoms with van der Waals surface area (Å²) in [6.07, 6.45) is 0. The zero-order valence-electron chi connectivity index (χ0n) is 9.28. The highest BCUT2D eigenvalue weighted by Gasteiger charge is 2.05. The number of thiocarbonyl (C=S) groups is 1. The summed E-state index contributed by atoms with van der Waals surface area (Å²) in [5.74, 6) is -0.184. The molecule has 0 aliphatic rings. The van der Waals surface area contributed by atoms with Crippen LogP contribution in [0.25, 0.3) is 0 Å². The number of hydrogen-bond acceptors (Lipinski definition) is 2. The molecule has 0 spiro atoms. The van der Waals surface area contributed by atoms with Crippen LogP contribution in [-0.2, 0) is 4.79 Å². The second-order valence-electron chi connectivity index (χ2n) is 3.41. The molecule has 0 bridgehead atoms. The zero-order valence-corrected chi connectivity index (χ0v) is 10.1. The number of amides is 1. The van der Waals surface area contributed by atoms with Gasteiger partial charge < -0.3 is 5.32 Å². The molecule has 5 heteroatoms. The minimum atomic E-state index is -0.184. The summed E-state index contributed by atoms with van der Waals surface area (Å²) in [5, 5.41) is 3.45. The first-order valence-corrected chi connectivity index (χ1v) is 5.38. The van der Waals surface area contributed by atoms with E-state index in [0.29, 0.717) is 5.11 Å². The average molecular weight is 237 g/mol. The van der Waals surface area contributed by atoms with Gasteiger partial charge in [-0.2, -0.15) is 0 Å². The molecule has 0 saturated carbocycles. The lowest BCUT2D eigenvalue weighted by Crippen LogP contribution is -2.46. The molecular weight excluding hydrogens is 222 g/mol. The Balaban J connectivity index is 2.43. The van der Waals surface area contributed by atoms with Crippen molar-refractivity contribution >= 4 is 23.2 Å². The van der Waals surface area contributed by atoms with E-state index < -0.39 is 0 Å². The molecule has 0 aromatic heterocycles. The van der Waals surface area contributed by atoms with Crippen LogP contribution in [0.1, 0.15) is 25.5 Å². The van der Waals surface area contributed by atoms with Gasteiger partial charge in [0.2, 0.25) is 5.91 Å². The van der Waals surface area contributed by atoms with Gasteiger partial charge >= 0.3 is 0 Å². The number of rotatable bonds is 2. The van der Waals surface area contributed by atoms with Crippen LogP contribution in [0.5, 0.6) is 0 Å². The number of benzene rings is 1. The zero-order chi connectivity index (χ0) is 12.0. The molecule has 0 radical (unpaired) electrons. The van der Waals surface area contributed by atoms with Gasteiger partial charge in [0, 0.05) is 6.92 Å². The first-order valence-electron chi connectivity index (χ1n) is 4.97. The summed E-state index contributed by atoms with van der Waals surface area (Å²) in [7, 11) is 0. The smallest absolute Gasteiger partial charge is 0.235 e. The Hall–Kier alpha value is -1.62. The summed E-state index contributed by atoms with van der Waals surface area (Å²) in [4.78, 5) is 10.6. The summed E-state index contributed by atoms with van der Waals surface area (Å²) < 4.78 is 0. The van der Waals surface area contributed by atoms with E-state index in [9.17, 15) is 4.79 Å². The van der Waals surface area contributed by atoms with Crippen molar-refractivity contribution in [3.05, 3.63) is 35.9 Å². The Morgan fingerprint density at radius 3 is 2.44 bits per heavy atom. The standard InChI is InChI=1S/C11H15N3OS/c1-8(10-6-4-3-5-7-10)12-11(16)14-13-9(2)15/h3-8H,1-2H3,(H,13,15)(H2,12,14,16)/t8-/m1/s1. The predicted molar refractivity (Wildman–Crippen MR) is 67.5 cm³/mol. The minimum Gasteiger partial charge on any atom is -0.355 e. The van der Waals surface area contributed by atoms with Crippen molar-refractivity contribution in [2.45, 2.75) is 19.9 Å². The number of hydrazine groups is 1. The maximum Gasteiger partial charge on any atom is 0.235 e. The molecule has 1 rings (SSSR count). The molecule has 0 fully saturated rings. The molecule has 86 valence electrons. The van der Waals surface area contributed by atoms with Crippen LogP contribution in [0.2, 0.25) is 0 Å². The summed E-state index contributed by atoms with van der Waals surface area (Å²) >= 11 is 5.01. The second-order valence-corrected chi connectivity index (χ2v) is 3.82. The van der Waals surface area contributed by atoms with Crippen LogP contribution in [0.3, 0.4) is 0 Å². The molecule has 0 aliphatic heterocycles. The van der Waals surface area contributed by atoms with Gasteiger partial charge in [0.1, 0.15) is 0 Å². The molecule has 1 atom stereocenters.